The molecule has 4 heteroatoms. The first-order valence-electron chi connectivity index (χ1n) is 4.91. The number of aliphatic hydroxyl groups is 1. The molecule has 3 N–H and O–H groups in total. The van der Waals surface area contributed by atoms with Crippen LogP contribution in [0.5, 0.6) is 0 Å². The van der Waals surface area contributed by atoms with Crippen LogP contribution in [-0.2, 0) is 6.42 Å². The van der Waals surface area contributed by atoms with E-state index in [1.165, 1.54) is 0 Å². The summed E-state index contributed by atoms with van der Waals surface area (Å²) in [5.74, 6) is 0.155. The number of aryl methyl sites for hydroxylation is 1. The Hall–Kier alpha value is -0.280. The molecule has 0 aromatic heterocycles. The molecular weight excluding hydrogens is 233 g/mol. The zero-order valence-electron chi connectivity index (χ0n) is 8.42. The van der Waals surface area contributed by atoms with Crippen LogP contribution in [0.15, 0.2) is 18.2 Å². The van der Waals surface area contributed by atoms with Crippen LogP contribution in [0.3, 0.4) is 0 Å². The fourth-order valence-electron chi connectivity index (χ4n) is 1.41. The molecule has 0 saturated carbocycles. The van der Waals surface area contributed by atoms with Crippen molar-refractivity contribution >= 4 is 23.2 Å². The van der Waals surface area contributed by atoms with E-state index in [-0.39, 0.29) is 12.5 Å². The zero-order chi connectivity index (χ0) is 11.3. The molecule has 0 fully saturated rings. The summed E-state index contributed by atoms with van der Waals surface area (Å²) in [7, 11) is 0. The molecule has 84 valence electrons. The lowest BCUT2D eigenvalue weighted by atomic mass is 10.0. The maximum Gasteiger partial charge on any atom is 0.0471 e. The van der Waals surface area contributed by atoms with Crippen molar-refractivity contribution in [2.24, 2.45) is 11.7 Å². The lowest BCUT2D eigenvalue weighted by Crippen LogP contribution is -2.18. The van der Waals surface area contributed by atoms with Crippen LogP contribution in [0.2, 0.25) is 10.0 Å². The van der Waals surface area contributed by atoms with Gasteiger partial charge in [0.05, 0.1) is 0 Å². The highest BCUT2D eigenvalue weighted by molar-refractivity contribution is 6.34. The molecule has 1 atom stereocenters. The van der Waals surface area contributed by atoms with Crippen molar-refractivity contribution in [3.05, 3.63) is 33.8 Å². The summed E-state index contributed by atoms with van der Waals surface area (Å²) in [6.07, 6.45) is 1.69. The summed E-state index contributed by atoms with van der Waals surface area (Å²) < 4.78 is 0. The van der Waals surface area contributed by atoms with Crippen molar-refractivity contribution in [2.75, 3.05) is 13.2 Å². The van der Waals surface area contributed by atoms with Crippen LogP contribution in [0.1, 0.15) is 12.0 Å². The first kappa shape index (κ1) is 12.8. The van der Waals surface area contributed by atoms with Gasteiger partial charge in [-0.1, -0.05) is 23.2 Å². The smallest absolute Gasteiger partial charge is 0.0471 e. The number of benzene rings is 1. The third kappa shape index (κ3) is 4.39. The summed E-state index contributed by atoms with van der Waals surface area (Å²) in [4.78, 5) is 0. The van der Waals surface area contributed by atoms with Crippen molar-refractivity contribution in [1.82, 2.24) is 0 Å². The normalized spacial score (nSPS) is 12.8. The van der Waals surface area contributed by atoms with Gasteiger partial charge < -0.3 is 10.8 Å². The molecule has 0 aliphatic heterocycles. The van der Waals surface area contributed by atoms with Gasteiger partial charge in [-0.3, -0.25) is 0 Å². The van der Waals surface area contributed by atoms with Gasteiger partial charge in [-0.05, 0) is 49.1 Å². The molecule has 0 bridgehead atoms. The maximum atomic E-state index is 8.98. The van der Waals surface area contributed by atoms with Crippen molar-refractivity contribution in [2.45, 2.75) is 12.8 Å². The highest BCUT2D eigenvalue weighted by Crippen LogP contribution is 2.20. The second-order valence-electron chi connectivity index (χ2n) is 3.60. The zero-order valence-corrected chi connectivity index (χ0v) is 9.93. The number of aliphatic hydroxyl groups excluding tert-OH is 1. The third-order valence-corrected chi connectivity index (χ3v) is 2.79. The molecule has 1 aromatic rings. The van der Waals surface area contributed by atoms with E-state index in [0.717, 1.165) is 18.4 Å². The first-order valence-corrected chi connectivity index (χ1v) is 5.67. The molecule has 1 rings (SSSR count). The fraction of sp³-hybridized carbons (Fsp3) is 0.455. The van der Waals surface area contributed by atoms with Crippen molar-refractivity contribution in [1.29, 1.82) is 0 Å². The van der Waals surface area contributed by atoms with E-state index in [1.54, 1.807) is 6.07 Å². The lowest BCUT2D eigenvalue weighted by molar-refractivity contribution is 0.223. The number of halogens is 2. The van der Waals surface area contributed by atoms with Gasteiger partial charge in [0, 0.05) is 16.7 Å². The molecule has 0 heterocycles. The highest BCUT2D eigenvalue weighted by atomic mass is 35.5. The van der Waals surface area contributed by atoms with Gasteiger partial charge in [0.25, 0.3) is 0 Å². The Balaban J connectivity index is 2.57. The van der Waals surface area contributed by atoms with Gasteiger partial charge in [0.15, 0.2) is 0 Å². The van der Waals surface area contributed by atoms with Crippen molar-refractivity contribution < 1.29 is 5.11 Å². The van der Waals surface area contributed by atoms with Crippen molar-refractivity contribution in [3.63, 3.8) is 0 Å². The molecule has 1 aromatic carbocycles. The topological polar surface area (TPSA) is 46.2 Å². The maximum absolute atomic E-state index is 8.98. The summed E-state index contributed by atoms with van der Waals surface area (Å²) in [5, 5.41) is 10.3. The van der Waals surface area contributed by atoms with E-state index in [0.29, 0.717) is 16.6 Å². The molecule has 0 saturated heterocycles. The summed E-state index contributed by atoms with van der Waals surface area (Å²) in [6, 6.07) is 5.48. The Labute approximate surface area is 100.0 Å². The minimum atomic E-state index is 0.130. The Morgan fingerprint density at radius 3 is 2.27 bits per heavy atom. The summed E-state index contributed by atoms with van der Waals surface area (Å²) in [6.45, 7) is 0.635. The number of hydrogen-bond donors (Lipinski definition) is 2. The van der Waals surface area contributed by atoms with E-state index in [2.05, 4.69) is 0 Å². The van der Waals surface area contributed by atoms with Crippen LogP contribution in [0.4, 0.5) is 0 Å². The molecule has 0 aliphatic carbocycles. The van der Waals surface area contributed by atoms with Crippen LogP contribution in [0, 0.1) is 5.92 Å². The fourth-order valence-corrected chi connectivity index (χ4v) is 1.98. The van der Waals surface area contributed by atoms with E-state index < -0.39 is 0 Å². The SMILES string of the molecule is NCC(CO)CCc1cc(Cl)cc(Cl)c1. The quantitative estimate of drug-likeness (QED) is 0.840. The predicted octanol–water partition coefficient (Wildman–Crippen LogP) is 2.49. The standard InChI is InChI=1S/C11H15Cl2NO/c12-10-3-8(4-11(13)5-10)1-2-9(6-14)7-15/h3-5,9,15H,1-2,6-7,14H2. The second-order valence-corrected chi connectivity index (χ2v) is 4.47. The Morgan fingerprint density at radius 1 is 1.20 bits per heavy atom. The molecule has 0 aliphatic rings. The largest absolute Gasteiger partial charge is 0.396 e. The van der Waals surface area contributed by atoms with E-state index >= 15 is 0 Å². The first-order chi connectivity index (χ1) is 7.15. The van der Waals surface area contributed by atoms with Crippen LogP contribution in [-0.4, -0.2) is 18.3 Å². The minimum absolute atomic E-state index is 0.130. The number of nitrogens with two attached hydrogens (primary N) is 1. The molecule has 0 radical (unpaired) electrons. The van der Waals surface area contributed by atoms with Gasteiger partial charge in [0.2, 0.25) is 0 Å². The average Bonchev–Trinajstić information content (AvgIpc) is 2.18. The van der Waals surface area contributed by atoms with Gasteiger partial charge in [-0.2, -0.15) is 0 Å². The van der Waals surface area contributed by atoms with Crippen LogP contribution in [0.25, 0.3) is 0 Å². The van der Waals surface area contributed by atoms with Crippen LogP contribution < -0.4 is 5.73 Å². The summed E-state index contributed by atoms with van der Waals surface area (Å²) >= 11 is 11.7. The highest BCUT2D eigenvalue weighted by Gasteiger charge is 2.06. The monoisotopic (exact) mass is 247 g/mol. The molecule has 15 heavy (non-hydrogen) atoms. The molecule has 0 spiro atoms. The van der Waals surface area contributed by atoms with Crippen molar-refractivity contribution in [3.8, 4) is 0 Å². The molecule has 1 unspecified atom stereocenters. The van der Waals surface area contributed by atoms with Crippen LogP contribution >= 0.6 is 23.2 Å². The average molecular weight is 248 g/mol. The molecule has 0 amide bonds. The third-order valence-electron chi connectivity index (χ3n) is 2.36. The van der Waals surface area contributed by atoms with Gasteiger partial charge >= 0.3 is 0 Å². The van der Waals surface area contributed by atoms with E-state index in [4.69, 9.17) is 34.0 Å². The Kier molecular flexibility index (Phi) is 5.40. The Morgan fingerprint density at radius 2 is 1.80 bits per heavy atom. The molecular formula is C11H15Cl2NO. The predicted molar refractivity (Wildman–Crippen MR) is 64.4 cm³/mol. The minimum Gasteiger partial charge on any atom is -0.396 e. The Bertz CT molecular complexity index is 293. The lowest BCUT2D eigenvalue weighted by Gasteiger charge is -2.11. The number of hydrogen-bond acceptors (Lipinski definition) is 2. The van der Waals surface area contributed by atoms with Gasteiger partial charge in [-0.15, -0.1) is 0 Å². The second kappa shape index (κ2) is 6.33. The van der Waals surface area contributed by atoms with E-state index in [9.17, 15) is 0 Å². The number of rotatable bonds is 5. The van der Waals surface area contributed by atoms with Gasteiger partial charge in [0.1, 0.15) is 0 Å². The summed E-state index contributed by atoms with van der Waals surface area (Å²) in [5.41, 5.74) is 6.58. The van der Waals surface area contributed by atoms with Gasteiger partial charge in [-0.25, -0.2) is 0 Å². The van der Waals surface area contributed by atoms with E-state index in [1.807, 2.05) is 12.1 Å². The molecule has 2 nitrogen and oxygen atoms in total.